The molecule has 0 aliphatic carbocycles. The highest BCUT2D eigenvalue weighted by Gasteiger charge is 2.29. The van der Waals surface area contributed by atoms with Crippen molar-refractivity contribution in [1.82, 2.24) is 5.32 Å². The van der Waals surface area contributed by atoms with Crippen LogP contribution < -0.4 is 19.1 Å². The standard InChI is InChI=1S/C25H27ClN2O5S2/c1-3-32-24-11-7-5-9-22(24)28(35(30,31)20-14-12-19(34-2)13-15-20)18-25(29)27-16-17-33-23-10-6-4-8-21(23)26/h4-15H,3,16-18H2,1-2H3,(H,27,29). The number of hydrogen-bond acceptors (Lipinski definition) is 6. The van der Waals surface area contributed by atoms with Crippen molar-refractivity contribution < 1.29 is 22.7 Å². The molecule has 0 radical (unpaired) electrons. The first-order chi connectivity index (χ1) is 16.9. The Morgan fingerprint density at radius 2 is 1.63 bits per heavy atom. The summed E-state index contributed by atoms with van der Waals surface area (Å²) in [4.78, 5) is 13.8. The van der Waals surface area contributed by atoms with Gasteiger partial charge in [0, 0.05) is 4.90 Å². The molecule has 0 aliphatic rings. The molecule has 0 heterocycles. The summed E-state index contributed by atoms with van der Waals surface area (Å²) in [6.45, 7) is 2.07. The summed E-state index contributed by atoms with van der Waals surface area (Å²) in [5.41, 5.74) is 0.283. The van der Waals surface area contributed by atoms with Crippen molar-refractivity contribution in [3.8, 4) is 11.5 Å². The van der Waals surface area contributed by atoms with Gasteiger partial charge in [-0.1, -0.05) is 35.9 Å². The number of ether oxygens (including phenoxy) is 2. The third-order valence-electron chi connectivity index (χ3n) is 4.89. The largest absolute Gasteiger partial charge is 0.492 e. The Balaban J connectivity index is 1.79. The van der Waals surface area contributed by atoms with E-state index in [1.807, 2.05) is 13.2 Å². The molecule has 1 amide bonds. The zero-order valence-corrected chi connectivity index (χ0v) is 21.8. The van der Waals surface area contributed by atoms with Crippen molar-refractivity contribution in [2.75, 3.05) is 36.9 Å². The fraction of sp³-hybridized carbons (Fsp3) is 0.240. The molecule has 0 unspecified atom stereocenters. The first-order valence-corrected chi connectivity index (χ1v) is 13.9. The van der Waals surface area contributed by atoms with Crippen LogP contribution in [0.5, 0.6) is 11.5 Å². The molecule has 0 saturated carbocycles. The third-order valence-corrected chi connectivity index (χ3v) is 7.72. The number of thioether (sulfide) groups is 1. The van der Waals surface area contributed by atoms with Crippen LogP contribution in [0.2, 0.25) is 5.02 Å². The molecule has 0 fully saturated rings. The van der Waals surface area contributed by atoms with Gasteiger partial charge in [-0.25, -0.2) is 8.42 Å². The maximum atomic E-state index is 13.6. The Kier molecular flexibility index (Phi) is 9.71. The molecule has 1 N–H and O–H groups in total. The van der Waals surface area contributed by atoms with Gasteiger partial charge in [0.15, 0.2) is 0 Å². The number of sulfonamides is 1. The van der Waals surface area contributed by atoms with Crippen molar-refractivity contribution in [3.63, 3.8) is 0 Å². The van der Waals surface area contributed by atoms with Gasteiger partial charge in [-0.05, 0) is 61.7 Å². The molecule has 3 aromatic carbocycles. The van der Waals surface area contributed by atoms with Crippen LogP contribution in [0.15, 0.2) is 82.6 Å². The van der Waals surface area contributed by atoms with Crippen molar-refractivity contribution in [2.45, 2.75) is 16.7 Å². The number of hydrogen-bond donors (Lipinski definition) is 1. The van der Waals surface area contributed by atoms with Gasteiger partial charge >= 0.3 is 0 Å². The molecule has 186 valence electrons. The Hall–Kier alpha value is -2.88. The SMILES string of the molecule is CCOc1ccccc1N(CC(=O)NCCOc1ccccc1Cl)S(=O)(=O)c1ccc(SC)cc1. The lowest BCUT2D eigenvalue weighted by Gasteiger charge is -2.26. The summed E-state index contributed by atoms with van der Waals surface area (Å²) in [7, 11) is -4.06. The molecule has 0 bridgehead atoms. The van der Waals surface area contributed by atoms with Crippen LogP contribution in [0.4, 0.5) is 5.69 Å². The lowest BCUT2D eigenvalue weighted by Crippen LogP contribution is -2.42. The van der Waals surface area contributed by atoms with Gasteiger partial charge in [0.25, 0.3) is 10.0 Å². The Labute approximate surface area is 215 Å². The predicted octanol–water partition coefficient (Wildman–Crippen LogP) is 4.85. The average Bonchev–Trinajstić information content (AvgIpc) is 2.87. The van der Waals surface area contributed by atoms with Crippen molar-refractivity contribution in [3.05, 3.63) is 77.8 Å². The lowest BCUT2D eigenvalue weighted by molar-refractivity contribution is -0.119. The summed E-state index contributed by atoms with van der Waals surface area (Å²) in [5.74, 6) is 0.393. The molecule has 10 heteroatoms. The van der Waals surface area contributed by atoms with E-state index in [-0.39, 0.29) is 23.7 Å². The highest BCUT2D eigenvalue weighted by Crippen LogP contribution is 2.33. The Bertz CT molecular complexity index is 1240. The number of halogens is 1. The number of amides is 1. The summed E-state index contributed by atoms with van der Waals surface area (Å²) in [6, 6.07) is 20.3. The number of anilines is 1. The number of rotatable bonds is 12. The number of nitrogens with one attached hydrogen (secondary N) is 1. The van der Waals surface area contributed by atoms with Gasteiger partial charge in [0.05, 0.1) is 28.8 Å². The van der Waals surface area contributed by atoms with Gasteiger partial charge in [0.2, 0.25) is 5.91 Å². The van der Waals surface area contributed by atoms with Crippen molar-refractivity contribution in [1.29, 1.82) is 0 Å². The smallest absolute Gasteiger partial charge is 0.264 e. The average molecular weight is 535 g/mol. The number of nitrogens with zero attached hydrogens (tertiary/aromatic N) is 1. The van der Waals surface area contributed by atoms with E-state index in [1.165, 1.54) is 23.9 Å². The second-order valence-electron chi connectivity index (χ2n) is 7.22. The summed E-state index contributed by atoms with van der Waals surface area (Å²) in [5, 5.41) is 3.18. The number of para-hydroxylation sites is 3. The van der Waals surface area contributed by atoms with Gasteiger partial charge in [-0.2, -0.15) is 0 Å². The second kappa shape index (κ2) is 12.7. The van der Waals surface area contributed by atoms with Crippen LogP contribution in [-0.4, -0.2) is 46.9 Å². The molecule has 3 aromatic rings. The quantitative estimate of drug-likeness (QED) is 0.264. The maximum Gasteiger partial charge on any atom is 0.264 e. The molecule has 7 nitrogen and oxygen atoms in total. The number of benzene rings is 3. The van der Waals surface area contributed by atoms with E-state index >= 15 is 0 Å². The second-order valence-corrected chi connectivity index (χ2v) is 10.4. The van der Waals surface area contributed by atoms with Crippen LogP contribution in [0.25, 0.3) is 0 Å². The fourth-order valence-corrected chi connectivity index (χ4v) is 5.24. The van der Waals surface area contributed by atoms with Gasteiger partial charge in [-0.15, -0.1) is 11.8 Å². The Morgan fingerprint density at radius 3 is 2.29 bits per heavy atom. The minimum atomic E-state index is -4.06. The van der Waals surface area contributed by atoms with E-state index in [1.54, 1.807) is 60.7 Å². The van der Waals surface area contributed by atoms with Crippen LogP contribution in [0.1, 0.15) is 6.92 Å². The third kappa shape index (κ3) is 7.06. The molecule has 3 rings (SSSR count). The first-order valence-electron chi connectivity index (χ1n) is 10.9. The van der Waals surface area contributed by atoms with E-state index in [2.05, 4.69) is 5.32 Å². The molecule has 0 spiro atoms. The van der Waals surface area contributed by atoms with E-state index in [9.17, 15) is 13.2 Å². The van der Waals surface area contributed by atoms with Crippen LogP contribution in [-0.2, 0) is 14.8 Å². The normalized spacial score (nSPS) is 11.1. The maximum absolute atomic E-state index is 13.6. The van der Waals surface area contributed by atoms with E-state index in [4.69, 9.17) is 21.1 Å². The van der Waals surface area contributed by atoms with E-state index < -0.39 is 22.5 Å². The summed E-state index contributed by atoms with van der Waals surface area (Å²) in [6.07, 6.45) is 1.91. The number of carbonyl (C=O) groups is 1. The van der Waals surface area contributed by atoms with Gasteiger partial charge in [-0.3, -0.25) is 9.10 Å². The minimum Gasteiger partial charge on any atom is -0.492 e. The summed E-state index contributed by atoms with van der Waals surface area (Å²) >= 11 is 7.58. The topological polar surface area (TPSA) is 84.9 Å². The highest BCUT2D eigenvalue weighted by molar-refractivity contribution is 7.98. The molecule has 0 aliphatic heterocycles. The van der Waals surface area contributed by atoms with Gasteiger partial charge in [0.1, 0.15) is 24.7 Å². The molecule has 0 atom stereocenters. The van der Waals surface area contributed by atoms with Crippen LogP contribution in [0, 0.1) is 0 Å². The zero-order valence-electron chi connectivity index (χ0n) is 19.4. The molecule has 0 aromatic heterocycles. The lowest BCUT2D eigenvalue weighted by atomic mass is 10.3. The van der Waals surface area contributed by atoms with Crippen molar-refractivity contribution in [2.24, 2.45) is 0 Å². The predicted molar refractivity (Wildman–Crippen MR) is 140 cm³/mol. The van der Waals surface area contributed by atoms with Crippen LogP contribution >= 0.6 is 23.4 Å². The molecule has 0 saturated heterocycles. The molecular weight excluding hydrogens is 508 g/mol. The first kappa shape index (κ1) is 26.7. The fourth-order valence-electron chi connectivity index (χ4n) is 3.21. The van der Waals surface area contributed by atoms with E-state index in [0.717, 1.165) is 9.20 Å². The monoisotopic (exact) mass is 534 g/mol. The molecule has 35 heavy (non-hydrogen) atoms. The highest BCUT2D eigenvalue weighted by atomic mass is 35.5. The van der Waals surface area contributed by atoms with Crippen molar-refractivity contribution >= 4 is 45.0 Å². The zero-order chi connectivity index (χ0) is 25.3. The van der Waals surface area contributed by atoms with Gasteiger partial charge < -0.3 is 14.8 Å². The molecular formula is C25H27ClN2O5S2. The Morgan fingerprint density at radius 1 is 0.971 bits per heavy atom. The number of carbonyl (C=O) groups excluding carboxylic acids is 1. The summed E-state index contributed by atoms with van der Waals surface area (Å²) < 4.78 is 39.5. The van der Waals surface area contributed by atoms with E-state index in [0.29, 0.717) is 23.1 Å². The van der Waals surface area contributed by atoms with Crippen LogP contribution in [0.3, 0.4) is 0 Å². The minimum absolute atomic E-state index is 0.0801.